The van der Waals surface area contributed by atoms with Crippen LogP contribution in [0.25, 0.3) is 0 Å². The van der Waals surface area contributed by atoms with Crippen LogP contribution >= 0.6 is 0 Å². The van der Waals surface area contributed by atoms with Crippen LogP contribution in [0.4, 0.5) is 4.79 Å². The van der Waals surface area contributed by atoms with Crippen molar-refractivity contribution in [1.29, 1.82) is 0 Å². The van der Waals surface area contributed by atoms with Crippen molar-refractivity contribution in [3.8, 4) is 0 Å². The second-order valence-corrected chi connectivity index (χ2v) is 6.12. The molecule has 24 heavy (non-hydrogen) atoms. The Labute approximate surface area is 138 Å². The number of carbonyl (C=O) groups is 2. The number of aromatic nitrogens is 3. The van der Waals surface area contributed by atoms with Gasteiger partial charge in [-0.25, -0.2) is 4.79 Å². The number of carbonyl (C=O) groups excluding carboxylic acids is 2. The Kier molecular flexibility index (Phi) is 3.72. The van der Waals surface area contributed by atoms with Crippen molar-refractivity contribution in [2.24, 2.45) is 0 Å². The molecule has 1 aliphatic heterocycles. The molecular weight excluding hydrogens is 310 g/mol. The number of hydrogen-bond acceptors (Lipinski definition) is 6. The van der Waals surface area contributed by atoms with Gasteiger partial charge in [0.1, 0.15) is 0 Å². The Morgan fingerprint density at radius 2 is 2.08 bits per heavy atom. The van der Waals surface area contributed by atoms with Crippen molar-refractivity contribution < 1.29 is 14.1 Å². The van der Waals surface area contributed by atoms with Crippen LogP contribution in [0.5, 0.6) is 0 Å². The van der Waals surface area contributed by atoms with Crippen molar-refractivity contribution in [2.45, 2.75) is 38.3 Å². The zero-order valence-electron chi connectivity index (χ0n) is 13.1. The molecule has 124 valence electrons. The van der Waals surface area contributed by atoms with E-state index in [1.807, 2.05) is 6.07 Å². The van der Waals surface area contributed by atoms with Gasteiger partial charge in [-0.1, -0.05) is 5.16 Å². The first-order valence-electron chi connectivity index (χ1n) is 8.00. The predicted molar refractivity (Wildman–Crippen MR) is 81.5 cm³/mol. The smallest absolute Gasteiger partial charge is 0.327 e. The first-order valence-corrected chi connectivity index (χ1v) is 8.00. The van der Waals surface area contributed by atoms with Gasteiger partial charge in [-0.3, -0.25) is 19.7 Å². The molecule has 0 atom stereocenters. The third kappa shape index (κ3) is 2.99. The summed E-state index contributed by atoms with van der Waals surface area (Å²) >= 11 is 0. The summed E-state index contributed by atoms with van der Waals surface area (Å²) in [6, 6.07) is 1.51. The number of urea groups is 1. The van der Waals surface area contributed by atoms with Crippen molar-refractivity contribution in [3.05, 3.63) is 41.8 Å². The molecule has 2 aromatic rings. The van der Waals surface area contributed by atoms with Crippen molar-refractivity contribution in [3.63, 3.8) is 0 Å². The molecule has 0 bridgehead atoms. The van der Waals surface area contributed by atoms with E-state index in [0.717, 1.165) is 18.5 Å². The predicted octanol–water partition coefficient (Wildman–Crippen LogP) is 1.70. The number of imide groups is 1. The second kappa shape index (κ2) is 6.03. The third-order valence-corrected chi connectivity index (χ3v) is 4.25. The van der Waals surface area contributed by atoms with E-state index in [2.05, 4.69) is 15.1 Å². The molecule has 1 saturated heterocycles. The van der Waals surface area contributed by atoms with Gasteiger partial charge >= 0.3 is 6.03 Å². The van der Waals surface area contributed by atoms with Gasteiger partial charge in [0, 0.05) is 37.3 Å². The molecule has 3 heterocycles. The van der Waals surface area contributed by atoms with Crippen LogP contribution < -0.4 is 0 Å². The van der Waals surface area contributed by atoms with E-state index in [1.54, 1.807) is 23.5 Å². The summed E-state index contributed by atoms with van der Waals surface area (Å²) in [7, 11) is 0. The molecule has 0 aromatic carbocycles. The first kappa shape index (κ1) is 14.8. The van der Waals surface area contributed by atoms with Gasteiger partial charge < -0.3 is 9.42 Å². The van der Waals surface area contributed by atoms with E-state index >= 15 is 0 Å². The van der Waals surface area contributed by atoms with Crippen LogP contribution in [-0.4, -0.2) is 43.4 Å². The Balaban J connectivity index is 1.46. The molecule has 2 aliphatic rings. The first-order chi connectivity index (χ1) is 11.7. The minimum Gasteiger partial charge on any atom is -0.359 e. The van der Waals surface area contributed by atoms with E-state index in [1.165, 1.54) is 4.90 Å². The molecular formula is C16H17N5O3. The Morgan fingerprint density at radius 1 is 1.21 bits per heavy atom. The Bertz CT molecular complexity index is 756. The fourth-order valence-corrected chi connectivity index (χ4v) is 2.78. The molecule has 1 saturated carbocycles. The average Bonchev–Trinajstić information content (AvgIpc) is 3.34. The minimum absolute atomic E-state index is 0.119. The Hall–Kier alpha value is -2.77. The zero-order chi connectivity index (χ0) is 16.5. The van der Waals surface area contributed by atoms with Gasteiger partial charge in [0.15, 0.2) is 5.76 Å². The highest BCUT2D eigenvalue weighted by molar-refractivity contribution is 5.96. The largest absolute Gasteiger partial charge is 0.359 e. The van der Waals surface area contributed by atoms with Crippen molar-refractivity contribution in [1.82, 2.24) is 24.9 Å². The highest BCUT2D eigenvalue weighted by atomic mass is 16.5. The van der Waals surface area contributed by atoms with Crippen molar-refractivity contribution in [2.75, 3.05) is 6.54 Å². The van der Waals surface area contributed by atoms with E-state index < -0.39 is 0 Å². The normalized spacial score (nSPS) is 18.3. The van der Waals surface area contributed by atoms with E-state index in [0.29, 0.717) is 30.5 Å². The second-order valence-electron chi connectivity index (χ2n) is 6.12. The fourth-order valence-electron chi connectivity index (χ4n) is 2.78. The third-order valence-electron chi connectivity index (χ3n) is 4.25. The Morgan fingerprint density at radius 3 is 2.83 bits per heavy atom. The van der Waals surface area contributed by atoms with Crippen LogP contribution in [-0.2, 0) is 17.9 Å². The number of nitrogens with zero attached hydrogens (tertiary/aromatic N) is 5. The molecule has 0 spiro atoms. The maximum absolute atomic E-state index is 12.6. The lowest BCUT2D eigenvalue weighted by atomic mass is 10.2. The van der Waals surface area contributed by atoms with Crippen LogP contribution in [0.1, 0.15) is 42.3 Å². The maximum Gasteiger partial charge on any atom is 0.327 e. The van der Waals surface area contributed by atoms with E-state index in [-0.39, 0.29) is 24.9 Å². The summed E-state index contributed by atoms with van der Waals surface area (Å²) in [6.45, 7) is 0.836. The summed E-state index contributed by atoms with van der Waals surface area (Å²) < 4.78 is 5.28. The number of hydrogen-bond donors (Lipinski definition) is 0. The zero-order valence-corrected chi connectivity index (χ0v) is 13.1. The molecule has 1 aliphatic carbocycles. The fraction of sp³-hybridized carbons (Fsp3) is 0.438. The van der Waals surface area contributed by atoms with Gasteiger partial charge in [0.2, 0.25) is 5.91 Å². The summed E-state index contributed by atoms with van der Waals surface area (Å²) in [5, 5.41) is 4.02. The highest BCUT2D eigenvalue weighted by Crippen LogP contribution is 2.39. The van der Waals surface area contributed by atoms with Crippen LogP contribution in [0.2, 0.25) is 0 Å². The molecule has 4 rings (SSSR count). The molecule has 2 aromatic heterocycles. The maximum atomic E-state index is 12.6. The lowest BCUT2D eigenvalue weighted by molar-refractivity contribution is -0.131. The van der Waals surface area contributed by atoms with Gasteiger partial charge in [-0.05, 0) is 12.8 Å². The standard InChI is InChI=1S/C16H17N5O3/c22-15-3-6-20(9-12-8-17-4-5-18-12)16(23)21(15)10-13-7-14(19-24-13)11-1-2-11/h4-5,7-8,11H,1-3,6,9-10H2. The van der Waals surface area contributed by atoms with E-state index in [4.69, 9.17) is 4.52 Å². The van der Waals surface area contributed by atoms with Gasteiger partial charge in [0.05, 0.1) is 30.7 Å². The molecule has 8 nitrogen and oxygen atoms in total. The summed E-state index contributed by atoms with van der Waals surface area (Å²) in [5.74, 6) is 0.822. The van der Waals surface area contributed by atoms with Crippen LogP contribution in [0.3, 0.4) is 0 Å². The van der Waals surface area contributed by atoms with E-state index in [9.17, 15) is 9.59 Å². The summed E-state index contributed by atoms with van der Waals surface area (Å²) in [4.78, 5) is 35.8. The van der Waals surface area contributed by atoms with Crippen LogP contribution in [0.15, 0.2) is 29.2 Å². The average molecular weight is 327 g/mol. The van der Waals surface area contributed by atoms with Crippen molar-refractivity contribution >= 4 is 11.9 Å². The van der Waals surface area contributed by atoms with Crippen LogP contribution in [0, 0.1) is 0 Å². The quantitative estimate of drug-likeness (QED) is 0.830. The SMILES string of the molecule is O=C1CCN(Cc2cnccn2)C(=O)N1Cc1cc(C2CC2)no1. The molecule has 8 heteroatoms. The lowest BCUT2D eigenvalue weighted by Crippen LogP contribution is -2.51. The highest BCUT2D eigenvalue weighted by Gasteiger charge is 2.34. The van der Waals surface area contributed by atoms with Gasteiger partial charge in [0.25, 0.3) is 0 Å². The monoisotopic (exact) mass is 327 g/mol. The topological polar surface area (TPSA) is 92.4 Å². The minimum atomic E-state index is -0.332. The summed E-state index contributed by atoms with van der Waals surface area (Å²) in [5.41, 5.74) is 1.61. The number of amides is 3. The molecule has 0 radical (unpaired) electrons. The summed E-state index contributed by atoms with van der Waals surface area (Å²) in [6.07, 6.45) is 7.32. The number of rotatable bonds is 5. The van der Waals surface area contributed by atoms with Gasteiger partial charge in [-0.15, -0.1) is 0 Å². The molecule has 0 N–H and O–H groups in total. The molecule has 3 amide bonds. The molecule has 0 unspecified atom stereocenters. The lowest BCUT2D eigenvalue weighted by Gasteiger charge is -2.33. The molecule has 2 fully saturated rings. The van der Waals surface area contributed by atoms with Gasteiger partial charge in [-0.2, -0.15) is 0 Å².